The van der Waals surface area contributed by atoms with E-state index in [0.717, 1.165) is 37.0 Å². The Labute approximate surface area is 138 Å². The van der Waals surface area contributed by atoms with Crippen molar-refractivity contribution in [1.29, 1.82) is 0 Å². The summed E-state index contributed by atoms with van der Waals surface area (Å²) in [6.45, 7) is 6.80. The van der Waals surface area contributed by atoms with E-state index in [9.17, 15) is 5.11 Å². The number of nitrogens with one attached hydrogen (secondary N) is 1. The molecule has 0 amide bonds. The monoisotopic (exact) mass is 344 g/mol. The van der Waals surface area contributed by atoms with Gasteiger partial charge in [-0.05, 0) is 6.92 Å². The fourth-order valence-electron chi connectivity index (χ4n) is 2.71. The number of ether oxygens (including phenoxy) is 1. The van der Waals surface area contributed by atoms with E-state index < -0.39 is 5.60 Å². The molecule has 3 heterocycles. The topological polar surface area (TPSA) is 62.0 Å². The van der Waals surface area contributed by atoms with Gasteiger partial charge in [0.2, 0.25) is 0 Å². The molecule has 122 valence electrons. The Bertz CT molecular complexity index is 621. The maximum atomic E-state index is 10.5. The summed E-state index contributed by atoms with van der Waals surface area (Å²) in [5.41, 5.74) is 0.141. The molecule has 1 atom stereocenters. The number of fused-ring (bicyclic) bond motifs is 1. The molecule has 1 fully saturated rings. The van der Waals surface area contributed by atoms with E-state index in [-0.39, 0.29) is 0 Å². The van der Waals surface area contributed by atoms with Crippen molar-refractivity contribution in [2.75, 3.05) is 39.4 Å². The number of aliphatic hydroxyl groups is 1. The Balaban J connectivity index is 1.53. The lowest BCUT2D eigenvalue weighted by Crippen LogP contribution is -2.50. The van der Waals surface area contributed by atoms with Gasteiger partial charge in [-0.3, -0.25) is 9.30 Å². The van der Waals surface area contributed by atoms with Crippen LogP contribution >= 0.6 is 22.9 Å². The summed E-state index contributed by atoms with van der Waals surface area (Å²) < 4.78 is 7.31. The molecule has 22 heavy (non-hydrogen) atoms. The van der Waals surface area contributed by atoms with Crippen molar-refractivity contribution >= 4 is 27.9 Å². The van der Waals surface area contributed by atoms with Crippen LogP contribution in [0.2, 0.25) is 5.15 Å². The van der Waals surface area contributed by atoms with E-state index in [4.69, 9.17) is 16.3 Å². The molecule has 6 nitrogen and oxygen atoms in total. The SMILES string of the molecule is CC(O)(CNCc1c(Cl)nc2sccn12)CN1CCOCC1. The van der Waals surface area contributed by atoms with Gasteiger partial charge in [0.1, 0.15) is 0 Å². The summed E-state index contributed by atoms with van der Waals surface area (Å²) in [5.74, 6) is 0. The molecule has 0 spiro atoms. The van der Waals surface area contributed by atoms with Crippen molar-refractivity contribution in [3.05, 3.63) is 22.4 Å². The smallest absolute Gasteiger partial charge is 0.195 e. The van der Waals surface area contributed by atoms with E-state index in [2.05, 4.69) is 15.2 Å². The van der Waals surface area contributed by atoms with Crippen molar-refractivity contribution in [3.8, 4) is 0 Å². The molecule has 2 aromatic heterocycles. The summed E-state index contributed by atoms with van der Waals surface area (Å²) in [6, 6.07) is 0. The summed E-state index contributed by atoms with van der Waals surface area (Å²) in [6.07, 6.45) is 1.96. The first-order valence-electron chi connectivity index (χ1n) is 7.38. The van der Waals surface area contributed by atoms with Gasteiger partial charge in [0.25, 0.3) is 0 Å². The second-order valence-electron chi connectivity index (χ2n) is 5.89. The van der Waals surface area contributed by atoms with Crippen LogP contribution in [0.15, 0.2) is 11.6 Å². The number of morpholine rings is 1. The lowest BCUT2D eigenvalue weighted by Gasteiger charge is -2.34. The minimum atomic E-state index is -0.789. The maximum absolute atomic E-state index is 10.5. The largest absolute Gasteiger partial charge is 0.388 e. The molecule has 1 saturated heterocycles. The first-order valence-corrected chi connectivity index (χ1v) is 8.64. The third-order valence-corrected chi connectivity index (χ3v) is 4.84. The number of hydrogen-bond donors (Lipinski definition) is 2. The fourth-order valence-corrected chi connectivity index (χ4v) is 3.73. The van der Waals surface area contributed by atoms with Gasteiger partial charge < -0.3 is 15.2 Å². The molecule has 2 aromatic rings. The number of imidazole rings is 1. The van der Waals surface area contributed by atoms with Crippen molar-refractivity contribution in [1.82, 2.24) is 19.6 Å². The Morgan fingerprint density at radius 1 is 1.50 bits per heavy atom. The van der Waals surface area contributed by atoms with E-state index >= 15 is 0 Å². The average molecular weight is 345 g/mol. The summed E-state index contributed by atoms with van der Waals surface area (Å²) in [7, 11) is 0. The number of rotatable bonds is 6. The van der Waals surface area contributed by atoms with E-state index in [1.807, 2.05) is 22.9 Å². The number of halogens is 1. The number of β-amino-alcohol motifs (C(OH)–C–C–N with tert-alkyl or cyclic N) is 1. The molecule has 1 aliphatic rings. The zero-order valence-corrected chi connectivity index (χ0v) is 14.2. The normalized spacial score (nSPS) is 19.6. The Hall–Kier alpha value is -0.700. The van der Waals surface area contributed by atoms with Gasteiger partial charge >= 0.3 is 0 Å². The highest BCUT2D eigenvalue weighted by Gasteiger charge is 2.25. The van der Waals surface area contributed by atoms with Crippen LogP contribution in [0.3, 0.4) is 0 Å². The number of nitrogens with zero attached hydrogens (tertiary/aromatic N) is 3. The quantitative estimate of drug-likeness (QED) is 0.825. The van der Waals surface area contributed by atoms with Crippen LogP contribution in [0, 0.1) is 0 Å². The van der Waals surface area contributed by atoms with Crippen LogP contribution in [0.25, 0.3) is 4.96 Å². The van der Waals surface area contributed by atoms with E-state index in [0.29, 0.717) is 24.8 Å². The van der Waals surface area contributed by atoms with E-state index in [1.54, 1.807) is 11.3 Å². The van der Waals surface area contributed by atoms with Crippen molar-refractivity contribution in [2.24, 2.45) is 0 Å². The molecule has 0 bridgehead atoms. The van der Waals surface area contributed by atoms with Crippen LogP contribution < -0.4 is 5.32 Å². The highest BCUT2D eigenvalue weighted by Crippen LogP contribution is 2.21. The van der Waals surface area contributed by atoms with Crippen LogP contribution in [0.5, 0.6) is 0 Å². The Morgan fingerprint density at radius 3 is 3.05 bits per heavy atom. The molecule has 0 radical (unpaired) electrons. The molecule has 0 aromatic carbocycles. The van der Waals surface area contributed by atoms with Crippen molar-refractivity contribution in [2.45, 2.75) is 19.1 Å². The van der Waals surface area contributed by atoms with Gasteiger partial charge in [0.15, 0.2) is 10.1 Å². The van der Waals surface area contributed by atoms with Crippen molar-refractivity contribution in [3.63, 3.8) is 0 Å². The summed E-state index contributed by atoms with van der Waals surface area (Å²) in [4.78, 5) is 7.42. The molecule has 8 heteroatoms. The molecule has 0 saturated carbocycles. The first-order chi connectivity index (χ1) is 10.6. The molecule has 1 unspecified atom stereocenters. The average Bonchev–Trinajstić information content (AvgIpc) is 3.02. The lowest BCUT2D eigenvalue weighted by molar-refractivity contribution is -0.0219. The number of thiazole rings is 1. The number of aromatic nitrogens is 2. The zero-order chi connectivity index (χ0) is 15.6. The molecule has 3 rings (SSSR count). The summed E-state index contributed by atoms with van der Waals surface area (Å²) in [5, 5.41) is 16.3. The van der Waals surface area contributed by atoms with Gasteiger partial charge in [-0.2, -0.15) is 0 Å². The highest BCUT2D eigenvalue weighted by molar-refractivity contribution is 7.15. The molecule has 1 aliphatic heterocycles. The van der Waals surface area contributed by atoms with Gasteiger partial charge in [-0.25, -0.2) is 4.98 Å². The second kappa shape index (κ2) is 6.82. The predicted octanol–water partition coefficient (Wildman–Crippen LogP) is 1.22. The van der Waals surface area contributed by atoms with Crippen LogP contribution in [-0.4, -0.2) is 64.4 Å². The molecule has 2 N–H and O–H groups in total. The Kier molecular flexibility index (Phi) is 5.01. The van der Waals surface area contributed by atoms with E-state index in [1.165, 1.54) is 0 Å². The van der Waals surface area contributed by atoms with Gasteiger partial charge in [0, 0.05) is 44.3 Å². The van der Waals surface area contributed by atoms with Gasteiger partial charge in [-0.1, -0.05) is 11.6 Å². The molecular formula is C14H21ClN4O2S. The third-order valence-electron chi connectivity index (χ3n) is 3.78. The standard InChI is InChI=1S/C14H21ClN4O2S/c1-14(20,10-18-2-5-21-6-3-18)9-16-8-11-12(15)17-13-19(11)4-7-22-13/h4,7,16,20H,2-3,5-6,8-10H2,1H3. The minimum Gasteiger partial charge on any atom is -0.388 e. The third kappa shape index (κ3) is 3.79. The maximum Gasteiger partial charge on any atom is 0.195 e. The molecule has 0 aliphatic carbocycles. The zero-order valence-electron chi connectivity index (χ0n) is 12.6. The van der Waals surface area contributed by atoms with Crippen LogP contribution in [-0.2, 0) is 11.3 Å². The first kappa shape index (κ1) is 16.2. The highest BCUT2D eigenvalue weighted by atomic mass is 35.5. The summed E-state index contributed by atoms with van der Waals surface area (Å²) >= 11 is 7.72. The second-order valence-corrected chi connectivity index (χ2v) is 7.12. The van der Waals surface area contributed by atoms with Crippen LogP contribution in [0.4, 0.5) is 0 Å². The number of hydrogen-bond acceptors (Lipinski definition) is 6. The molecular weight excluding hydrogens is 324 g/mol. The van der Waals surface area contributed by atoms with Crippen molar-refractivity contribution < 1.29 is 9.84 Å². The van der Waals surface area contributed by atoms with Gasteiger partial charge in [0.05, 0.1) is 24.5 Å². The predicted molar refractivity (Wildman–Crippen MR) is 87.7 cm³/mol. The minimum absolute atomic E-state index is 0.498. The lowest BCUT2D eigenvalue weighted by atomic mass is 10.1. The van der Waals surface area contributed by atoms with Gasteiger partial charge in [-0.15, -0.1) is 11.3 Å². The fraction of sp³-hybridized carbons (Fsp3) is 0.643. The van der Waals surface area contributed by atoms with Crippen LogP contribution in [0.1, 0.15) is 12.6 Å². The Morgan fingerprint density at radius 2 is 2.27 bits per heavy atom.